The summed E-state index contributed by atoms with van der Waals surface area (Å²) in [5.41, 5.74) is -3.61. The van der Waals surface area contributed by atoms with E-state index in [1.54, 1.807) is 19.9 Å². The molecule has 5 nitrogen and oxygen atoms in total. The summed E-state index contributed by atoms with van der Waals surface area (Å²) >= 11 is 0. The SMILES string of the molecule is [2H]c1nc([2H])n(Cc2cc(C(C)(C)C#N)cc(C(C#N)(C([2H])([2H])[2H])C([2H])([2H])[2H])c2)n1. The quantitative estimate of drug-likeness (QED) is 0.869. The van der Waals surface area contributed by atoms with E-state index in [0.29, 0.717) is 11.1 Å². The van der Waals surface area contributed by atoms with Crippen LogP contribution in [0.5, 0.6) is 0 Å². The van der Waals surface area contributed by atoms with Gasteiger partial charge in [0.05, 0.1) is 29.5 Å². The molecule has 22 heavy (non-hydrogen) atoms. The summed E-state index contributed by atoms with van der Waals surface area (Å²) in [6, 6.07) is 7.64. The van der Waals surface area contributed by atoms with Crippen molar-refractivity contribution >= 4 is 0 Å². The lowest BCUT2D eigenvalue weighted by atomic mass is 9.79. The maximum absolute atomic E-state index is 9.76. The van der Waals surface area contributed by atoms with Gasteiger partial charge >= 0.3 is 0 Å². The Balaban J connectivity index is 2.84. The average Bonchev–Trinajstić information content (AvgIpc) is 2.90. The van der Waals surface area contributed by atoms with E-state index >= 15 is 0 Å². The normalized spacial score (nSPS) is 18.2. The molecule has 0 saturated carbocycles. The van der Waals surface area contributed by atoms with Gasteiger partial charge in [-0.2, -0.15) is 15.6 Å². The summed E-state index contributed by atoms with van der Waals surface area (Å²) in [6.45, 7) is -3.37. The molecule has 112 valence electrons. The smallest absolute Gasteiger partial charge is 0.137 e. The lowest BCUT2D eigenvalue weighted by Crippen LogP contribution is -2.20. The van der Waals surface area contributed by atoms with Gasteiger partial charge in [0, 0.05) is 8.22 Å². The van der Waals surface area contributed by atoms with Gasteiger partial charge in [-0.3, -0.25) is 0 Å². The number of hydrogen-bond donors (Lipinski definition) is 0. The Hall–Kier alpha value is -2.66. The van der Waals surface area contributed by atoms with Crippen LogP contribution in [-0.2, 0) is 17.4 Å². The van der Waals surface area contributed by atoms with Crippen LogP contribution in [0.2, 0.25) is 0 Å². The van der Waals surface area contributed by atoms with E-state index in [9.17, 15) is 10.5 Å². The van der Waals surface area contributed by atoms with Crippen molar-refractivity contribution in [2.45, 2.75) is 44.9 Å². The summed E-state index contributed by atoms with van der Waals surface area (Å²) in [4.78, 5) is 3.56. The number of rotatable bonds is 4. The van der Waals surface area contributed by atoms with Crippen molar-refractivity contribution in [1.29, 1.82) is 10.5 Å². The van der Waals surface area contributed by atoms with E-state index in [0.717, 1.165) is 4.68 Å². The molecule has 0 amide bonds. The van der Waals surface area contributed by atoms with Gasteiger partial charge in [-0.05, 0) is 44.2 Å². The van der Waals surface area contributed by atoms with Gasteiger partial charge in [0.25, 0.3) is 0 Å². The van der Waals surface area contributed by atoms with Crippen LogP contribution >= 0.6 is 0 Å². The third kappa shape index (κ3) is 3.15. The van der Waals surface area contributed by atoms with Crippen LogP contribution < -0.4 is 0 Å². The first-order valence-electron chi connectivity index (χ1n) is 10.4. The molecular weight excluding hydrogens is 274 g/mol. The Labute approximate surface area is 142 Å². The molecule has 0 N–H and O–H groups in total. The summed E-state index contributed by atoms with van der Waals surface area (Å²) in [5, 5.41) is 23.0. The molecule has 1 aromatic carbocycles. The fourth-order valence-electron chi connectivity index (χ4n) is 1.91. The number of nitriles is 2. The van der Waals surface area contributed by atoms with Crippen LogP contribution in [-0.4, -0.2) is 14.8 Å². The van der Waals surface area contributed by atoms with Crippen LogP contribution in [0, 0.1) is 22.7 Å². The second-order valence-electron chi connectivity index (χ2n) is 5.49. The van der Waals surface area contributed by atoms with Crippen LogP contribution in [0.3, 0.4) is 0 Å². The Morgan fingerprint density at radius 1 is 1.18 bits per heavy atom. The highest BCUT2D eigenvalue weighted by Gasteiger charge is 2.26. The molecule has 0 saturated heterocycles. The van der Waals surface area contributed by atoms with Gasteiger partial charge in [-0.15, -0.1) is 0 Å². The number of aromatic nitrogens is 3. The Morgan fingerprint density at radius 2 is 1.82 bits per heavy atom. The molecule has 0 atom stereocenters. The second kappa shape index (κ2) is 5.61. The molecule has 0 bridgehead atoms. The minimum absolute atomic E-state index is 0.128. The van der Waals surface area contributed by atoms with Crippen LogP contribution in [0.25, 0.3) is 0 Å². The van der Waals surface area contributed by atoms with Crippen molar-refractivity contribution in [3.05, 3.63) is 47.5 Å². The standard InChI is InChI=1S/C17H19N5/c1-16(2,9-18)14-5-13(8-22-12-20-11-21-22)6-15(7-14)17(3,4)10-19/h5-7,11-12H,8H2,1-4H3/i1D3,2D3,11D,12D. The van der Waals surface area contributed by atoms with Gasteiger partial charge in [-0.25, -0.2) is 9.67 Å². The molecule has 1 heterocycles. The molecule has 2 aromatic rings. The number of nitrogens with zero attached hydrogens (tertiary/aromatic N) is 5. The minimum Gasteiger partial charge on any atom is -0.249 e. The zero-order valence-corrected chi connectivity index (χ0v) is 12.2. The highest BCUT2D eigenvalue weighted by molar-refractivity contribution is 5.42. The van der Waals surface area contributed by atoms with Crippen molar-refractivity contribution in [3.63, 3.8) is 0 Å². The first-order chi connectivity index (χ1) is 13.6. The molecule has 0 aliphatic heterocycles. The van der Waals surface area contributed by atoms with Crippen molar-refractivity contribution in [2.24, 2.45) is 0 Å². The van der Waals surface area contributed by atoms with Gasteiger partial charge in [-0.1, -0.05) is 18.2 Å². The predicted molar refractivity (Wildman–Crippen MR) is 82.8 cm³/mol. The van der Waals surface area contributed by atoms with E-state index < -0.39 is 24.5 Å². The molecule has 0 aliphatic rings. The lowest BCUT2D eigenvalue weighted by Gasteiger charge is -2.23. The Morgan fingerprint density at radius 3 is 2.32 bits per heavy atom. The molecule has 0 radical (unpaired) electrons. The third-order valence-corrected chi connectivity index (χ3v) is 3.31. The minimum atomic E-state index is -3.19. The molecule has 0 aliphatic carbocycles. The Bertz CT molecular complexity index is 1020. The summed E-state index contributed by atoms with van der Waals surface area (Å²) in [7, 11) is 0. The van der Waals surface area contributed by atoms with Crippen LogP contribution in [0.4, 0.5) is 0 Å². The third-order valence-electron chi connectivity index (χ3n) is 3.31. The first-order valence-corrected chi connectivity index (χ1v) is 6.44. The van der Waals surface area contributed by atoms with Crippen LogP contribution in [0.15, 0.2) is 30.8 Å². The molecule has 2 rings (SSSR count). The number of hydrogen-bond acceptors (Lipinski definition) is 4. The van der Waals surface area contributed by atoms with Crippen molar-refractivity contribution in [1.82, 2.24) is 14.8 Å². The lowest BCUT2D eigenvalue weighted by molar-refractivity contribution is 0.646. The van der Waals surface area contributed by atoms with Gasteiger partial charge in [0.2, 0.25) is 0 Å². The van der Waals surface area contributed by atoms with E-state index in [1.165, 1.54) is 18.2 Å². The highest BCUT2D eigenvalue weighted by atomic mass is 15.3. The summed E-state index contributed by atoms with van der Waals surface area (Å²) in [6.07, 6.45) is -0.699. The zero-order valence-electron chi connectivity index (χ0n) is 20.2. The van der Waals surface area contributed by atoms with E-state index in [1.807, 2.05) is 0 Å². The predicted octanol–water partition coefficient (Wildman–Crippen LogP) is 2.93. The van der Waals surface area contributed by atoms with Crippen molar-refractivity contribution in [3.8, 4) is 12.1 Å². The van der Waals surface area contributed by atoms with E-state index in [2.05, 4.69) is 16.2 Å². The summed E-state index contributed by atoms with van der Waals surface area (Å²) in [5.74, 6) is 0. The molecule has 0 spiro atoms. The maximum atomic E-state index is 9.76. The van der Waals surface area contributed by atoms with Gasteiger partial charge in [0.15, 0.2) is 0 Å². The number of benzene rings is 1. The molecule has 0 fully saturated rings. The molecule has 1 aromatic heterocycles. The molecule has 5 heteroatoms. The first kappa shape index (κ1) is 8.10. The average molecular weight is 301 g/mol. The van der Waals surface area contributed by atoms with Crippen LogP contribution in [0.1, 0.15) is 55.2 Å². The van der Waals surface area contributed by atoms with E-state index in [4.69, 9.17) is 11.0 Å². The van der Waals surface area contributed by atoms with Gasteiger partial charge in [0.1, 0.15) is 15.3 Å². The zero-order chi connectivity index (χ0) is 23.1. The van der Waals surface area contributed by atoms with Crippen molar-refractivity contribution in [2.75, 3.05) is 0 Å². The second-order valence-corrected chi connectivity index (χ2v) is 5.49. The molecule has 0 unspecified atom stereocenters. The fourth-order valence-corrected chi connectivity index (χ4v) is 1.91. The van der Waals surface area contributed by atoms with Crippen molar-refractivity contribution < 1.29 is 11.0 Å². The fraction of sp³-hybridized carbons (Fsp3) is 0.412. The van der Waals surface area contributed by atoms with Gasteiger partial charge < -0.3 is 0 Å². The maximum Gasteiger partial charge on any atom is 0.137 e. The molecular formula is C17H19N5. The topological polar surface area (TPSA) is 78.3 Å². The Kier molecular flexibility index (Phi) is 2.07. The monoisotopic (exact) mass is 301 g/mol. The summed E-state index contributed by atoms with van der Waals surface area (Å²) < 4.78 is 63.3. The highest BCUT2D eigenvalue weighted by Crippen LogP contribution is 2.30. The van der Waals surface area contributed by atoms with E-state index in [-0.39, 0.29) is 24.7 Å². The largest absolute Gasteiger partial charge is 0.249 e.